The van der Waals surface area contributed by atoms with Gasteiger partial charge in [0, 0.05) is 31.1 Å². The van der Waals surface area contributed by atoms with Gasteiger partial charge in [-0.1, -0.05) is 0 Å². The maximum atomic E-state index is 12.7. The summed E-state index contributed by atoms with van der Waals surface area (Å²) in [6, 6.07) is 3.27. The highest BCUT2D eigenvalue weighted by atomic mass is 32.3. The number of ether oxygens (including phenoxy) is 1. The third kappa shape index (κ3) is 3.66. The van der Waals surface area contributed by atoms with Gasteiger partial charge in [-0.25, -0.2) is 4.98 Å². The maximum Gasteiger partial charge on any atom is 0.302 e. The van der Waals surface area contributed by atoms with E-state index in [9.17, 15) is 17.1 Å². The van der Waals surface area contributed by atoms with E-state index in [0.29, 0.717) is 18.2 Å². The lowest BCUT2D eigenvalue weighted by Gasteiger charge is -2.16. The molecular formula is C12H15FN2O4S. The lowest BCUT2D eigenvalue weighted by molar-refractivity contribution is -0.117. The molecule has 2 rings (SSSR count). The molecule has 1 aliphatic heterocycles. The van der Waals surface area contributed by atoms with Gasteiger partial charge in [0.1, 0.15) is 11.6 Å². The van der Waals surface area contributed by atoms with Crippen LogP contribution in [0.3, 0.4) is 0 Å². The Morgan fingerprint density at radius 1 is 1.55 bits per heavy atom. The number of hydrogen-bond acceptors (Lipinski definition) is 5. The van der Waals surface area contributed by atoms with E-state index in [4.69, 9.17) is 4.74 Å². The average molecular weight is 302 g/mol. The van der Waals surface area contributed by atoms with Crippen LogP contribution in [0.5, 0.6) is 5.75 Å². The molecule has 1 saturated heterocycles. The summed E-state index contributed by atoms with van der Waals surface area (Å²) in [5.74, 6) is -0.484. The summed E-state index contributed by atoms with van der Waals surface area (Å²) in [5.41, 5.74) is 0. The first-order chi connectivity index (χ1) is 9.39. The Bertz CT molecular complexity index is 605. The predicted octanol–water partition coefficient (Wildman–Crippen LogP) is 1.13. The van der Waals surface area contributed by atoms with Crippen molar-refractivity contribution in [3.05, 3.63) is 18.3 Å². The zero-order valence-electron chi connectivity index (χ0n) is 11.0. The standard InChI is InChI=1S/C12H15FN2O4S/c1-2-19-10-3-4-14-11(6-10)15-7-9(5-12(15)16)8-20(13,17)18/h3-4,6,9H,2,5,7-8H2,1H3. The van der Waals surface area contributed by atoms with Crippen molar-refractivity contribution in [3.63, 3.8) is 0 Å². The third-order valence-electron chi connectivity index (χ3n) is 2.94. The number of carbonyl (C=O) groups is 1. The molecule has 0 aromatic carbocycles. The van der Waals surface area contributed by atoms with Crippen LogP contribution >= 0.6 is 0 Å². The minimum Gasteiger partial charge on any atom is -0.494 e. The molecule has 1 unspecified atom stereocenters. The molecule has 0 radical (unpaired) electrons. The second-order valence-electron chi connectivity index (χ2n) is 4.56. The van der Waals surface area contributed by atoms with Crippen LogP contribution in [0.25, 0.3) is 0 Å². The van der Waals surface area contributed by atoms with Gasteiger partial charge in [0.2, 0.25) is 5.91 Å². The fourth-order valence-electron chi connectivity index (χ4n) is 2.20. The van der Waals surface area contributed by atoms with E-state index in [1.807, 2.05) is 6.92 Å². The van der Waals surface area contributed by atoms with Crippen LogP contribution in [0, 0.1) is 5.92 Å². The topological polar surface area (TPSA) is 76.6 Å². The summed E-state index contributed by atoms with van der Waals surface area (Å²) >= 11 is 0. The molecule has 0 saturated carbocycles. The molecule has 0 bridgehead atoms. The van der Waals surface area contributed by atoms with Gasteiger partial charge in [0.15, 0.2) is 0 Å². The van der Waals surface area contributed by atoms with Gasteiger partial charge >= 0.3 is 10.2 Å². The van der Waals surface area contributed by atoms with Gasteiger partial charge in [-0.3, -0.25) is 9.69 Å². The van der Waals surface area contributed by atoms with Crippen molar-refractivity contribution < 1.29 is 21.8 Å². The van der Waals surface area contributed by atoms with E-state index in [2.05, 4.69) is 4.98 Å². The molecule has 1 fully saturated rings. The molecular weight excluding hydrogens is 287 g/mol. The smallest absolute Gasteiger partial charge is 0.302 e. The Balaban J connectivity index is 2.13. The van der Waals surface area contributed by atoms with Gasteiger partial charge in [-0.2, -0.15) is 8.42 Å². The minimum atomic E-state index is -4.58. The molecule has 1 aromatic heterocycles. The average Bonchev–Trinajstić information content (AvgIpc) is 2.68. The first-order valence-corrected chi connectivity index (χ1v) is 7.76. The quantitative estimate of drug-likeness (QED) is 0.762. The summed E-state index contributed by atoms with van der Waals surface area (Å²) in [6.07, 6.45) is 1.51. The first kappa shape index (κ1) is 14.7. The van der Waals surface area contributed by atoms with Crippen LogP contribution in [-0.4, -0.2) is 38.2 Å². The fourth-order valence-corrected chi connectivity index (χ4v) is 2.99. The van der Waals surface area contributed by atoms with Gasteiger partial charge < -0.3 is 4.74 Å². The van der Waals surface area contributed by atoms with E-state index < -0.39 is 21.9 Å². The Labute approximate surface area is 116 Å². The monoisotopic (exact) mass is 302 g/mol. The minimum absolute atomic E-state index is 0.00366. The Morgan fingerprint density at radius 2 is 2.30 bits per heavy atom. The normalized spacial score (nSPS) is 19.4. The number of pyridine rings is 1. The van der Waals surface area contributed by atoms with E-state index in [1.165, 1.54) is 11.1 Å². The second kappa shape index (κ2) is 5.74. The van der Waals surface area contributed by atoms with Crippen molar-refractivity contribution >= 4 is 21.9 Å². The van der Waals surface area contributed by atoms with Gasteiger partial charge in [-0.15, -0.1) is 3.89 Å². The summed E-state index contributed by atoms with van der Waals surface area (Å²) in [5, 5.41) is 0. The van der Waals surface area contributed by atoms with Crippen LogP contribution in [0.2, 0.25) is 0 Å². The summed E-state index contributed by atoms with van der Waals surface area (Å²) < 4.78 is 39.3. The maximum absolute atomic E-state index is 12.7. The Kier molecular flexibility index (Phi) is 4.22. The third-order valence-corrected chi connectivity index (χ3v) is 3.81. The Morgan fingerprint density at radius 3 is 2.95 bits per heavy atom. The highest BCUT2D eigenvalue weighted by Gasteiger charge is 2.34. The number of rotatable bonds is 5. The molecule has 1 amide bonds. The van der Waals surface area contributed by atoms with E-state index >= 15 is 0 Å². The summed E-state index contributed by atoms with van der Waals surface area (Å²) in [4.78, 5) is 17.3. The highest BCUT2D eigenvalue weighted by molar-refractivity contribution is 7.86. The Hall–Kier alpha value is -1.70. The van der Waals surface area contributed by atoms with Gasteiger partial charge in [-0.05, 0) is 13.0 Å². The van der Waals surface area contributed by atoms with Crippen molar-refractivity contribution in [2.75, 3.05) is 23.8 Å². The number of carbonyl (C=O) groups excluding carboxylic acids is 1. The molecule has 0 spiro atoms. The lowest BCUT2D eigenvalue weighted by Crippen LogP contribution is -2.26. The van der Waals surface area contributed by atoms with Crippen molar-refractivity contribution in [1.82, 2.24) is 4.98 Å². The zero-order chi connectivity index (χ0) is 14.8. The van der Waals surface area contributed by atoms with Crippen LogP contribution in [-0.2, 0) is 15.0 Å². The molecule has 1 aromatic rings. The molecule has 0 aliphatic carbocycles. The number of nitrogens with zero attached hydrogens (tertiary/aromatic N) is 2. The molecule has 2 heterocycles. The van der Waals surface area contributed by atoms with Crippen molar-refractivity contribution in [3.8, 4) is 5.75 Å². The fraction of sp³-hybridized carbons (Fsp3) is 0.500. The predicted molar refractivity (Wildman–Crippen MR) is 70.8 cm³/mol. The molecule has 0 N–H and O–H groups in total. The SMILES string of the molecule is CCOc1ccnc(N2CC(CS(=O)(=O)F)CC2=O)c1. The summed E-state index contributed by atoms with van der Waals surface area (Å²) in [7, 11) is -4.58. The number of anilines is 1. The van der Waals surface area contributed by atoms with Crippen LogP contribution in [0.15, 0.2) is 18.3 Å². The molecule has 8 heteroatoms. The number of hydrogen-bond donors (Lipinski definition) is 0. The largest absolute Gasteiger partial charge is 0.494 e. The second-order valence-corrected chi connectivity index (χ2v) is 5.97. The summed E-state index contributed by atoms with van der Waals surface area (Å²) in [6.45, 7) is 2.47. The van der Waals surface area contributed by atoms with E-state index in [0.717, 1.165) is 0 Å². The van der Waals surface area contributed by atoms with E-state index in [1.54, 1.807) is 12.1 Å². The van der Waals surface area contributed by atoms with Crippen molar-refractivity contribution in [2.45, 2.75) is 13.3 Å². The van der Waals surface area contributed by atoms with Gasteiger partial charge in [0.05, 0.1) is 12.4 Å². The number of aromatic nitrogens is 1. The lowest BCUT2D eigenvalue weighted by atomic mass is 10.1. The van der Waals surface area contributed by atoms with E-state index in [-0.39, 0.29) is 18.9 Å². The highest BCUT2D eigenvalue weighted by Crippen LogP contribution is 2.27. The van der Waals surface area contributed by atoms with Crippen LogP contribution in [0.4, 0.5) is 9.70 Å². The van der Waals surface area contributed by atoms with Crippen LogP contribution < -0.4 is 9.64 Å². The zero-order valence-corrected chi connectivity index (χ0v) is 11.8. The molecule has 1 aliphatic rings. The van der Waals surface area contributed by atoms with Crippen molar-refractivity contribution in [1.29, 1.82) is 0 Å². The number of halogens is 1. The number of amides is 1. The molecule has 1 atom stereocenters. The first-order valence-electron chi connectivity index (χ1n) is 6.20. The van der Waals surface area contributed by atoms with Crippen molar-refractivity contribution in [2.24, 2.45) is 5.92 Å². The molecule has 6 nitrogen and oxygen atoms in total. The molecule has 110 valence electrons. The van der Waals surface area contributed by atoms with Gasteiger partial charge in [0.25, 0.3) is 0 Å². The molecule has 20 heavy (non-hydrogen) atoms. The van der Waals surface area contributed by atoms with Crippen LogP contribution in [0.1, 0.15) is 13.3 Å².